The number of nitrogens with two attached hydrogens (primary N) is 1. The lowest BCUT2D eigenvalue weighted by Crippen LogP contribution is -2.02. The van der Waals surface area contributed by atoms with E-state index in [2.05, 4.69) is 9.97 Å². The maximum atomic E-state index is 5.73. The third-order valence-corrected chi connectivity index (χ3v) is 2.86. The highest BCUT2D eigenvalue weighted by molar-refractivity contribution is 5.81. The van der Waals surface area contributed by atoms with Crippen LogP contribution >= 0.6 is 0 Å². The van der Waals surface area contributed by atoms with Gasteiger partial charge in [0.05, 0.1) is 11.2 Å². The van der Waals surface area contributed by atoms with Crippen molar-refractivity contribution in [2.75, 3.05) is 18.9 Å². The van der Waals surface area contributed by atoms with Gasteiger partial charge < -0.3 is 10.5 Å². The van der Waals surface area contributed by atoms with Crippen molar-refractivity contribution in [3.8, 4) is 0 Å². The van der Waals surface area contributed by atoms with Crippen molar-refractivity contribution in [2.24, 2.45) is 0 Å². The summed E-state index contributed by atoms with van der Waals surface area (Å²) in [5.41, 5.74) is 7.69. The van der Waals surface area contributed by atoms with Crippen molar-refractivity contribution < 1.29 is 4.74 Å². The van der Waals surface area contributed by atoms with Gasteiger partial charge in [-0.2, -0.15) is 0 Å². The number of hydrogen-bond acceptors (Lipinski definition) is 4. The van der Waals surface area contributed by atoms with Crippen LogP contribution in [0.15, 0.2) is 24.3 Å². The largest absolute Gasteiger partial charge is 0.382 e. The summed E-state index contributed by atoms with van der Waals surface area (Å²) >= 11 is 0. The molecular weight excluding hydrogens is 226 g/mol. The van der Waals surface area contributed by atoms with Crippen LogP contribution in [0.1, 0.15) is 25.5 Å². The monoisotopic (exact) mass is 245 g/mol. The van der Waals surface area contributed by atoms with E-state index in [0.29, 0.717) is 5.95 Å². The third-order valence-electron chi connectivity index (χ3n) is 2.86. The molecule has 2 N–H and O–H groups in total. The molecule has 4 nitrogen and oxygen atoms in total. The maximum Gasteiger partial charge on any atom is 0.220 e. The first-order chi connectivity index (χ1) is 8.81. The molecule has 0 amide bonds. The van der Waals surface area contributed by atoms with E-state index in [9.17, 15) is 0 Å². The molecule has 0 bridgehead atoms. The van der Waals surface area contributed by atoms with E-state index in [0.717, 1.165) is 49.1 Å². The molecule has 18 heavy (non-hydrogen) atoms. The zero-order chi connectivity index (χ0) is 12.8. The van der Waals surface area contributed by atoms with E-state index >= 15 is 0 Å². The van der Waals surface area contributed by atoms with Gasteiger partial charge in [0.2, 0.25) is 5.95 Å². The minimum Gasteiger partial charge on any atom is -0.382 e. The summed E-state index contributed by atoms with van der Waals surface area (Å²) in [5, 5.41) is 1.10. The minimum atomic E-state index is 0.355. The molecule has 0 unspecified atom stereocenters. The van der Waals surface area contributed by atoms with Crippen LogP contribution in [0.2, 0.25) is 0 Å². The van der Waals surface area contributed by atoms with E-state index in [-0.39, 0.29) is 0 Å². The Labute approximate surface area is 107 Å². The summed E-state index contributed by atoms with van der Waals surface area (Å²) in [4.78, 5) is 8.58. The predicted octanol–water partition coefficient (Wildman–Crippen LogP) is 2.57. The summed E-state index contributed by atoms with van der Waals surface area (Å²) in [5.74, 6) is 0.355. The first-order valence-corrected chi connectivity index (χ1v) is 6.40. The van der Waals surface area contributed by atoms with Gasteiger partial charge in [-0.1, -0.05) is 18.2 Å². The molecule has 1 aromatic heterocycles. The number of fused-ring (bicyclic) bond motifs is 1. The molecular formula is C14H19N3O. The maximum absolute atomic E-state index is 5.73. The van der Waals surface area contributed by atoms with Gasteiger partial charge in [-0.3, -0.25) is 0 Å². The Balaban J connectivity index is 2.07. The van der Waals surface area contributed by atoms with Crippen LogP contribution in [-0.4, -0.2) is 23.2 Å². The zero-order valence-corrected chi connectivity index (χ0v) is 10.7. The van der Waals surface area contributed by atoms with Crippen molar-refractivity contribution in [1.82, 2.24) is 9.97 Å². The fraction of sp³-hybridized carbons (Fsp3) is 0.429. The van der Waals surface area contributed by atoms with Crippen molar-refractivity contribution in [2.45, 2.75) is 26.2 Å². The van der Waals surface area contributed by atoms with Gasteiger partial charge in [0.15, 0.2) is 0 Å². The molecule has 0 aliphatic heterocycles. The predicted molar refractivity (Wildman–Crippen MR) is 73.4 cm³/mol. The summed E-state index contributed by atoms with van der Waals surface area (Å²) in [6.07, 6.45) is 3.02. The van der Waals surface area contributed by atoms with Gasteiger partial charge in [-0.25, -0.2) is 9.97 Å². The Morgan fingerprint density at radius 2 is 2.00 bits per heavy atom. The quantitative estimate of drug-likeness (QED) is 0.794. The fourth-order valence-electron chi connectivity index (χ4n) is 1.99. The lowest BCUT2D eigenvalue weighted by molar-refractivity contribution is 0.143. The Hall–Kier alpha value is -1.68. The van der Waals surface area contributed by atoms with E-state index in [4.69, 9.17) is 10.5 Å². The summed E-state index contributed by atoms with van der Waals surface area (Å²) < 4.78 is 5.33. The van der Waals surface area contributed by atoms with Crippen molar-refractivity contribution >= 4 is 16.9 Å². The molecule has 0 aliphatic carbocycles. The van der Waals surface area contributed by atoms with Crippen LogP contribution in [0.4, 0.5) is 5.95 Å². The number of ether oxygens (including phenoxy) is 1. The van der Waals surface area contributed by atoms with E-state index in [1.807, 2.05) is 31.2 Å². The highest BCUT2D eigenvalue weighted by Gasteiger charge is 2.05. The van der Waals surface area contributed by atoms with Crippen LogP contribution in [0, 0.1) is 0 Å². The lowest BCUT2D eigenvalue weighted by atomic mass is 10.1. The lowest BCUT2D eigenvalue weighted by Gasteiger charge is -2.06. The molecule has 0 radical (unpaired) electrons. The minimum absolute atomic E-state index is 0.355. The number of para-hydroxylation sites is 1. The second-order valence-corrected chi connectivity index (χ2v) is 4.20. The topological polar surface area (TPSA) is 61.0 Å². The Bertz CT molecular complexity index is 513. The number of aryl methyl sites for hydroxylation is 1. The van der Waals surface area contributed by atoms with Gasteiger partial charge in [0, 0.05) is 18.6 Å². The van der Waals surface area contributed by atoms with Crippen LogP contribution in [-0.2, 0) is 11.2 Å². The molecule has 0 atom stereocenters. The molecule has 1 heterocycles. The second kappa shape index (κ2) is 6.31. The summed E-state index contributed by atoms with van der Waals surface area (Å²) in [6.45, 7) is 3.61. The molecule has 0 saturated carbocycles. The van der Waals surface area contributed by atoms with Gasteiger partial charge in [0.1, 0.15) is 0 Å². The number of benzene rings is 1. The Morgan fingerprint density at radius 1 is 1.17 bits per heavy atom. The van der Waals surface area contributed by atoms with Crippen LogP contribution in [0.5, 0.6) is 0 Å². The van der Waals surface area contributed by atoms with Crippen LogP contribution in [0.25, 0.3) is 10.9 Å². The van der Waals surface area contributed by atoms with Crippen molar-refractivity contribution in [3.63, 3.8) is 0 Å². The van der Waals surface area contributed by atoms with Crippen molar-refractivity contribution in [3.05, 3.63) is 30.0 Å². The number of anilines is 1. The molecule has 0 aliphatic rings. The van der Waals surface area contributed by atoms with E-state index < -0.39 is 0 Å². The SMILES string of the molecule is CCOCCCCc1nc(N)nc2ccccc12. The first-order valence-electron chi connectivity index (χ1n) is 6.40. The molecule has 4 heteroatoms. The van der Waals surface area contributed by atoms with Crippen molar-refractivity contribution in [1.29, 1.82) is 0 Å². The number of nitrogens with zero attached hydrogens (tertiary/aromatic N) is 2. The molecule has 96 valence electrons. The normalized spacial score (nSPS) is 10.9. The van der Waals surface area contributed by atoms with Crippen LogP contribution in [0.3, 0.4) is 0 Å². The Morgan fingerprint density at radius 3 is 2.83 bits per heavy atom. The molecule has 2 aromatic rings. The number of nitrogen functional groups attached to an aromatic ring is 1. The van der Waals surface area contributed by atoms with E-state index in [1.165, 1.54) is 0 Å². The standard InChI is InChI=1S/C14H19N3O/c1-2-18-10-6-5-9-13-11-7-3-4-8-12(11)16-14(15)17-13/h3-4,7-8H,2,5-6,9-10H2,1H3,(H2,15,16,17). The number of unbranched alkanes of at least 4 members (excludes halogenated alkanes) is 1. The van der Waals surface area contributed by atoms with Crippen LogP contribution < -0.4 is 5.73 Å². The zero-order valence-electron chi connectivity index (χ0n) is 10.7. The molecule has 0 fully saturated rings. The molecule has 0 spiro atoms. The highest BCUT2D eigenvalue weighted by atomic mass is 16.5. The average Bonchev–Trinajstić information content (AvgIpc) is 2.38. The number of aromatic nitrogens is 2. The van der Waals surface area contributed by atoms with Gasteiger partial charge >= 0.3 is 0 Å². The number of hydrogen-bond donors (Lipinski definition) is 1. The Kier molecular flexibility index (Phi) is 4.47. The highest BCUT2D eigenvalue weighted by Crippen LogP contribution is 2.18. The fourth-order valence-corrected chi connectivity index (χ4v) is 1.99. The molecule has 0 saturated heterocycles. The second-order valence-electron chi connectivity index (χ2n) is 4.20. The van der Waals surface area contributed by atoms with E-state index in [1.54, 1.807) is 0 Å². The van der Waals surface area contributed by atoms with Gasteiger partial charge in [0.25, 0.3) is 0 Å². The smallest absolute Gasteiger partial charge is 0.220 e. The third kappa shape index (κ3) is 3.17. The van der Waals surface area contributed by atoms with Gasteiger partial charge in [-0.05, 0) is 32.3 Å². The summed E-state index contributed by atoms with van der Waals surface area (Å²) in [7, 11) is 0. The molecule has 2 rings (SSSR count). The van der Waals surface area contributed by atoms with Gasteiger partial charge in [-0.15, -0.1) is 0 Å². The first kappa shape index (κ1) is 12.8. The molecule has 1 aromatic carbocycles. The summed E-state index contributed by atoms with van der Waals surface area (Å²) in [6, 6.07) is 7.99. The number of rotatable bonds is 6. The average molecular weight is 245 g/mol.